The molecule has 136 valence electrons. The van der Waals surface area contributed by atoms with E-state index in [4.69, 9.17) is 11.6 Å². The minimum Gasteiger partial charge on any atom is -0.298 e. The number of pyridine rings is 1. The first-order valence-corrected chi connectivity index (χ1v) is 9.99. The zero-order valence-corrected chi connectivity index (χ0v) is 16.1. The van der Waals surface area contributed by atoms with Crippen LogP contribution in [0.4, 0.5) is 0 Å². The summed E-state index contributed by atoms with van der Waals surface area (Å²) in [6, 6.07) is 1.86. The fourth-order valence-corrected chi connectivity index (χ4v) is 5.15. The maximum Gasteiger partial charge on any atom is 0.150 e. The van der Waals surface area contributed by atoms with E-state index in [1.165, 1.54) is 0 Å². The second-order valence-electron chi connectivity index (χ2n) is 7.91. The molecule has 1 aromatic heterocycles. The van der Waals surface area contributed by atoms with Crippen LogP contribution in [-0.4, -0.2) is 16.6 Å². The summed E-state index contributed by atoms with van der Waals surface area (Å²) in [5.41, 5.74) is 4.18. The molecular formula is C22H24ClNO2. The number of hydrogen-bond donors (Lipinski definition) is 0. The number of Topliss-reactive ketones (excluding diaryl/α,β-unsaturated/α-hetero) is 2. The normalized spacial score (nSPS) is 31.0. The van der Waals surface area contributed by atoms with Crippen LogP contribution in [0.15, 0.2) is 30.0 Å². The number of halogens is 1. The molecule has 0 saturated heterocycles. The first kappa shape index (κ1) is 17.7. The molecule has 3 atom stereocenters. The number of nitrogens with zero attached hydrogens (tertiary/aromatic N) is 1. The average molecular weight is 370 g/mol. The van der Waals surface area contributed by atoms with Gasteiger partial charge in [0.1, 0.15) is 5.15 Å². The van der Waals surface area contributed by atoms with Crippen LogP contribution in [-0.2, 0) is 9.59 Å². The van der Waals surface area contributed by atoms with E-state index in [1.807, 2.05) is 13.0 Å². The molecule has 0 N–H and O–H groups in total. The lowest BCUT2D eigenvalue weighted by molar-refractivity contribution is -0.138. The van der Waals surface area contributed by atoms with Gasteiger partial charge in [-0.3, -0.25) is 9.59 Å². The minimum atomic E-state index is -0.518. The second-order valence-corrected chi connectivity index (χ2v) is 8.30. The van der Waals surface area contributed by atoms with Crippen molar-refractivity contribution in [3.63, 3.8) is 0 Å². The summed E-state index contributed by atoms with van der Waals surface area (Å²) in [5.74, 6) is 0.273. The van der Waals surface area contributed by atoms with Crippen molar-refractivity contribution in [2.45, 2.75) is 46.0 Å². The van der Waals surface area contributed by atoms with Crippen LogP contribution in [0, 0.1) is 30.6 Å². The topological polar surface area (TPSA) is 47.0 Å². The van der Waals surface area contributed by atoms with Crippen molar-refractivity contribution in [2.75, 3.05) is 0 Å². The largest absolute Gasteiger partial charge is 0.298 e. The zero-order valence-electron chi connectivity index (χ0n) is 15.3. The van der Waals surface area contributed by atoms with Crippen LogP contribution in [0.25, 0.3) is 5.57 Å². The molecule has 0 amide bonds. The predicted molar refractivity (Wildman–Crippen MR) is 103 cm³/mol. The highest BCUT2D eigenvalue weighted by Crippen LogP contribution is 2.46. The van der Waals surface area contributed by atoms with Crippen molar-refractivity contribution in [3.05, 3.63) is 46.3 Å². The standard InChI is InChI=1S/C22H24ClNO2/c1-3-13-4-5-14(18-11-24-19(23)8-12(18)2)10-17(13)20-21(25)15-6-7-16(9-15)22(20)26/h5,8,10-11,13,15-16,20H,3-4,6-7,9H2,1-2H3. The molecule has 0 aromatic carbocycles. The van der Waals surface area contributed by atoms with E-state index < -0.39 is 5.92 Å². The number of allylic oxidation sites excluding steroid dienone is 4. The third kappa shape index (κ3) is 2.87. The van der Waals surface area contributed by atoms with Crippen LogP contribution >= 0.6 is 11.6 Å². The van der Waals surface area contributed by atoms with E-state index in [1.54, 1.807) is 6.20 Å². The van der Waals surface area contributed by atoms with E-state index in [0.29, 0.717) is 5.15 Å². The Hall–Kier alpha value is -1.74. The van der Waals surface area contributed by atoms with Gasteiger partial charge in [0.15, 0.2) is 11.6 Å². The van der Waals surface area contributed by atoms with Crippen LogP contribution < -0.4 is 0 Å². The van der Waals surface area contributed by atoms with E-state index in [9.17, 15) is 9.59 Å². The quantitative estimate of drug-likeness (QED) is 0.558. The molecule has 26 heavy (non-hydrogen) atoms. The number of carbonyl (C=O) groups excluding carboxylic acids is 2. The van der Waals surface area contributed by atoms with Gasteiger partial charge in [-0.05, 0) is 67.7 Å². The van der Waals surface area contributed by atoms with E-state index in [2.05, 4.69) is 24.1 Å². The zero-order chi connectivity index (χ0) is 18.4. The van der Waals surface area contributed by atoms with Gasteiger partial charge in [0.25, 0.3) is 0 Å². The molecule has 1 aromatic rings. The smallest absolute Gasteiger partial charge is 0.150 e. The van der Waals surface area contributed by atoms with Crippen LogP contribution in [0.2, 0.25) is 5.15 Å². The van der Waals surface area contributed by atoms with E-state index in [0.717, 1.165) is 54.4 Å². The Kier molecular flexibility index (Phi) is 4.60. The van der Waals surface area contributed by atoms with Gasteiger partial charge in [0, 0.05) is 23.6 Å². The number of rotatable bonds is 3. The highest BCUT2D eigenvalue weighted by Gasteiger charge is 2.49. The second kappa shape index (κ2) is 6.77. The Labute approximate surface area is 159 Å². The van der Waals surface area contributed by atoms with Crippen molar-refractivity contribution in [1.82, 2.24) is 4.98 Å². The number of carbonyl (C=O) groups is 2. The highest BCUT2D eigenvalue weighted by molar-refractivity contribution is 6.29. The first-order valence-electron chi connectivity index (χ1n) is 9.61. The van der Waals surface area contributed by atoms with Crippen LogP contribution in [0.1, 0.15) is 50.2 Å². The van der Waals surface area contributed by atoms with Gasteiger partial charge < -0.3 is 0 Å². The van der Waals surface area contributed by atoms with Crippen LogP contribution in [0.5, 0.6) is 0 Å². The Balaban J connectivity index is 1.75. The molecular weight excluding hydrogens is 346 g/mol. The Bertz CT molecular complexity index is 817. The maximum atomic E-state index is 13.0. The van der Waals surface area contributed by atoms with Gasteiger partial charge in [0.2, 0.25) is 0 Å². The van der Waals surface area contributed by atoms with Gasteiger partial charge in [-0.2, -0.15) is 0 Å². The van der Waals surface area contributed by atoms with E-state index in [-0.39, 0.29) is 29.3 Å². The molecule has 4 rings (SSSR count). The molecule has 3 aliphatic carbocycles. The summed E-state index contributed by atoms with van der Waals surface area (Å²) in [5, 5.41) is 0.479. The monoisotopic (exact) mass is 369 g/mol. The van der Waals surface area contributed by atoms with Crippen molar-refractivity contribution < 1.29 is 9.59 Å². The lowest BCUT2D eigenvalue weighted by atomic mass is 9.69. The van der Waals surface area contributed by atoms with Gasteiger partial charge in [-0.15, -0.1) is 0 Å². The van der Waals surface area contributed by atoms with Gasteiger partial charge in [-0.25, -0.2) is 4.98 Å². The van der Waals surface area contributed by atoms with Crippen molar-refractivity contribution in [2.24, 2.45) is 23.7 Å². The molecule has 3 aliphatic rings. The van der Waals surface area contributed by atoms with Crippen molar-refractivity contribution >= 4 is 28.7 Å². The molecule has 0 radical (unpaired) electrons. The lowest BCUT2D eigenvalue weighted by Crippen LogP contribution is -2.39. The number of hydrogen-bond acceptors (Lipinski definition) is 3. The summed E-state index contributed by atoms with van der Waals surface area (Å²) in [6.07, 6.45) is 10.5. The van der Waals surface area contributed by atoms with Gasteiger partial charge in [0.05, 0.1) is 5.92 Å². The predicted octanol–water partition coefficient (Wildman–Crippen LogP) is 4.97. The molecule has 3 unspecified atom stereocenters. The fraction of sp³-hybridized carbons (Fsp3) is 0.500. The molecule has 3 nitrogen and oxygen atoms in total. The summed E-state index contributed by atoms with van der Waals surface area (Å²) < 4.78 is 0. The fourth-order valence-electron chi connectivity index (χ4n) is 4.93. The SMILES string of the molecule is CCC1CC=C(c2cnc(Cl)cc2C)C=C1C1C(=O)C2CCC(C2)C1=O. The minimum absolute atomic E-state index is 0.0920. The van der Waals surface area contributed by atoms with Crippen LogP contribution in [0.3, 0.4) is 0 Å². The molecule has 2 saturated carbocycles. The maximum absolute atomic E-state index is 13.0. The van der Waals surface area contributed by atoms with Crippen molar-refractivity contribution in [3.8, 4) is 0 Å². The Morgan fingerprint density at radius 1 is 1.19 bits per heavy atom. The molecule has 0 aliphatic heterocycles. The van der Waals surface area contributed by atoms with Gasteiger partial charge >= 0.3 is 0 Å². The lowest BCUT2D eigenvalue weighted by Gasteiger charge is -2.33. The molecule has 4 heteroatoms. The van der Waals surface area contributed by atoms with Gasteiger partial charge in [-0.1, -0.05) is 30.7 Å². The number of fused-ring (bicyclic) bond motifs is 2. The summed E-state index contributed by atoms with van der Waals surface area (Å²) in [6.45, 7) is 4.15. The molecule has 1 heterocycles. The highest BCUT2D eigenvalue weighted by atomic mass is 35.5. The number of aromatic nitrogens is 1. The molecule has 2 fully saturated rings. The molecule has 0 spiro atoms. The summed E-state index contributed by atoms with van der Waals surface area (Å²) in [7, 11) is 0. The summed E-state index contributed by atoms with van der Waals surface area (Å²) in [4.78, 5) is 30.2. The first-order chi connectivity index (χ1) is 12.5. The Morgan fingerprint density at radius 2 is 1.88 bits per heavy atom. The summed E-state index contributed by atoms with van der Waals surface area (Å²) >= 11 is 5.99. The number of ketones is 2. The third-order valence-corrected chi connectivity index (χ3v) is 6.64. The van der Waals surface area contributed by atoms with Crippen molar-refractivity contribution in [1.29, 1.82) is 0 Å². The Morgan fingerprint density at radius 3 is 2.50 bits per heavy atom. The number of aryl methyl sites for hydroxylation is 1. The third-order valence-electron chi connectivity index (χ3n) is 6.44. The van der Waals surface area contributed by atoms with E-state index >= 15 is 0 Å². The average Bonchev–Trinajstić information content (AvgIpc) is 3.07. The molecule has 2 bridgehead atoms.